The number of carbonyl (C=O) groups excluding carboxylic acids is 4. The van der Waals surface area contributed by atoms with Crippen LogP contribution >= 0.6 is 34.4 Å². The third kappa shape index (κ3) is 9.53. The van der Waals surface area contributed by atoms with Crippen molar-refractivity contribution >= 4 is 69.5 Å². The van der Waals surface area contributed by atoms with Gasteiger partial charge in [-0.1, -0.05) is 66.4 Å². The molecule has 2 N–H and O–H groups in total. The lowest BCUT2D eigenvalue weighted by Crippen LogP contribution is -2.15. The van der Waals surface area contributed by atoms with E-state index in [2.05, 4.69) is 33.2 Å². The predicted octanol–water partition coefficient (Wildman–Crippen LogP) is 8.21. The number of hydrogen-bond donors (Lipinski definition) is 2. The second-order valence-electron chi connectivity index (χ2n) is 9.44. The van der Waals surface area contributed by atoms with Gasteiger partial charge in [0.2, 0.25) is 0 Å². The standard InChI is InChI=1S/C21H17NO3S.C15H12INO3/c1-25-21(24)18-13-12-17(26-16-10-6-3-7-11-16)14-19(18)22-20(23)15-8-4-2-5-9-15;1-20-15(19)12-8-7-11(16)9-13(12)17-14(18)10-5-3-2-4-6-10/h2-14H,1H3,(H,22,23);2-9H,1H3,(H,17,18). The van der Waals surface area contributed by atoms with Crippen LogP contribution in [0.15, 0.2) is 137 Å². The Kier molecular flexibility index (Phi) is 12.5. The van der Waals surface area contributed by atoms with Crippen LogP contribution in [0.3, 0.4) is 0 Å². The summed E-state index contributed by atoms with van der Waals surface area (Å²) in [5, 5.41) is 5.55. The van der Waals surface area contributed by atoms with Gasteiger partial charge in [0.1, 0.15) is 0 Å². The maximum Gasteiger partial charge on any atom is 0.339 e. The quantitative estimate of drug-likeness (QED) is 0.122. The van der Waals surface area contributed by atoms with Gasteiger partial charge in [0.15, 0.2) is 0 Å². The molecule has 0 saturated heterocycles. The van der Waals surface area contributed by atoms with Gasteiger partial charge in [0.05, 0.1) is 36.7 Å². The number of hydrogen-bond acceptors (Lipinski definition) is 7. The lowest BCUT2D eigenvalue weighted by atomic mass is 10.1. The molecule has 46 heavy (non-hydrogen) atoms. The van der Waals surface area contributed by atoms with E-state index < -0.39 is 11.9 Å². The largest absolute Gasteiger partial charge is 0.465 e. The molecular weight excluding hydrogens is 715 g/mol. The van der Waals surface area contributed by atoms with Crippen LogP contribution in [-0.4, -0.2) is 38.0 Å². The van der Waals surface area contributed by atoms with Crippen LogP contribution in [0, 0.1) is 3.57 Å². The molecule has 5 aromatic rings. The molecule has 0 heterocycles. The number of nitrogens with one attached hydrogen (secondary N) is 2. The van der Waals surface area contributed by atoms with Gasteiger partial charge in [-0.3, -0.25) is 9.59 Å². The van der Waals surface area contributed by atoms with Gasteiger partial charge >= 0.3 is 11.9 Å². The molecule has 2 amide bonds. The van der Waals surface area contributed by atoms with Crippen LogP contribution in [0.25, 0.3) is 0 Å². The van der Waals surface area contributed by atoms with Gasteiger partial charge in [-0.15, -0.1) is 0 Å². The Morgan fingerprint density at radius 2 is 0.978 bits per heavy atom. The van der Waals surface area contributed by atoms with Crippen molar-refractivity contribution in [2.45, 2.75) is 9.79 Å². The summed E-state index contributed by atoms with van der Waals surface area (Å²) in [5.74, 6) is -1.52. The lowest BCUT2D eigenvalue weighted by Gasteiger charge is -2.12. The highest BCUT2D eigenvalue weighted by atomic mass is 127. The normalized spacial score (nSPS) is 10.1. The summed E-state index contributed by atoms with van der Waals surface area (Å²) in [4.78, 5) is 50.3. The number of ether oxygens (including phenoxy) is 2. The summed E-state index contributed by atoms with van der Waals surface area (Å²) in [6.07, 6.45) is 0. The van der Waals surface area contributed by atoms with E-state index in [-0.39, 0.29) is 11.8 Å². The second kappa shape index (κ2) is 16.9. The first-order valence-electron chi connectivity index (χ1n) is 13.8. The Balaban J connectivity index is 0.000000216. The molecule has 0 bridgehead atoms. The molecular formula is C36H29IN2O6S. The number of rotatable bonds is 8. The van der Waals surface area contributed by atoms with Crippen molar-refractivity contribution in [3.8, 4) is 0 Å². The first-order chi connectivity index (χ1) is 22.3. The monoisotopic (exact) mass is 744 g/mol. The number of benzene rings is 5. The van der Waals surface area contributed by atoms with Crippen molar-refractivity contribution in [2.75, 3.05) is 24.9 Å². The molecule has 10 heteroatoms. The topological polar surface area (TPSA) is 111 Å². The molecule has 0 aliphatic carbocycles. The number of anilines is 2. The van der Waals surface area contributed by atoms with Gasteiger partial charge in [-0.05, 0) is 95.4 Å². The number of methoxy groups -OCH3 is 2. The number of amides is 2. The zero-order chi connectivity index (χ0) is 32.9. The minimum Gasteiger partial charge on any atom is -0.465 e. The van der Waals surface area contributed by atoms with E-state index in [0.29, 0.717) is 33.6 Å². The number of halogens is 1. The van der Waals surface area contributed by atoms with E-state index in [0.717, 1.165) is 13.4 Å². The van der Waals surface area contributed by atoms with Crippen LogP contribution in [-0.2, 0) is 9.47 Å². The fourth-order valence-corrected chi connectivity index (χ4v) is 5.45. The average Bonchev–Trinajstić information content (AvgIpc) is 3.09. The molecule has 5 aromatic carbocycles. The van der Waals surface area contributed by atoms with Crippen LogP contribution in [0.1, 0.15) is 41.4 Å². The Bertz CT molecular complexity index is 1820. The van der Waals surface area contributed by atoms with Crippen LogP contribution in [0.5, 0.6) is 0 Å². The van der Waals surface area contributed by atoms with Crippen molar-refractivity contribution in [3.05, 3.63) is 153 Å². The Labute approximate surface area is 284 Å². The molecule has 0 atom stereocenters. The highest BCUT2D eigenvalue weighted by Gasteiger charge is 2.17. The summed E-state index contributed by atoms with van der Waals surface area (Å²) in [7, 11) is 2.63. The highest BCUT2D eigenvalue weighted by Crippen LogP contribution is 2.31. The smallest absolute Gasteiger partial charge is 0.339 e. The number of esters is 2. The molecule has 8 nitrogen and oxygen atoms in total. The molecule has 0 unspecified atom stereocenters. The highest BCUT2D eigenvalue weighted by molar-refractivity contribution is 14.1. The minimum absolute atomic E-state index is 0.266. The van der Waals surface area contributed by atoms with E-state index in [1.165, 1.54) is 14.2 Å². The summed E-state index contributed by atoms with van der Waals surface area (Å²) < 4.78 is 10.5. The van der Waals surface area contributed by atoms with E-state index in [4.69, 9.17) is 9.47 Å². The van der Waals surface area contributed by atoms with Crippen molar-refractivity contribution in [1.82, 2.24) is 0 Å². The lowest BCUT2D eigenvalue weighted by molar-refractivity contribution is 0.0592. The molecule has 0 fully saturated rings. The summed E-state index contributed by atoms with van der Waals surface area (Å²) in [6.45, 7) is 0. The minimum atomic E-state index is -0.496. The molecule has 232 valence electrons. The van der Waals surface area contributed by atoms with E-state index in [9.17, 15) is 19.2 Å². The first kappa shape index (κ1) is 33.9. The first-order valence-corrected chi connectivity index (χ1v) is 15.7. The van der Waals surface area contributed by atoms with E-state index in [1.54, 1.807) is 90.6 Å². The maximum absolute atomic E-state index is 12.5. The fraction of sp³-hybridized carbons (Fsp3) is 0.0556. The van der Waals surface area contributed by atoms with Gasteiger partial charge in [0, 0.05) is 24.5 Å². The average molecular weight is 745 g/mol. The van der Waals surface area contributed by atoms with Gasteiger partial charge < -0.3 is 20.1 Å². The van der Waals surface area contributed by atoms with Crippen LogP contribution in [0.4, 0.5) is 11.4 Å². The third-order valence-corrected chi connectivity index (χ3v) is 8.00. The number of carbonyl (C=O) groups is 4. The summed E-state index contributed by atoms with van der Waals surface area (Å²) in [5.41, 5.74) is 2.56. The molecule has 0 spiro atoms. The van der Waals surface area contributed by atoms with Crippen molar-refractivity contribution in [2.24, 2.45) is 0 Å². The van der Waals surface area contributed by atoms with Gasteiger partial charge in [0.25, 0.3) is 11.8 Å². The zero-order valence-electron chi connectivity index (χ0n) is 24.9. The molecule has 5 rings (SSSR count). The van der Waals surface area contributed by atoms with Crippen LogP contribution in [0.2, 0.25) is 0 Å². The Morgan fingerprint density at radius 1 is 0.543 bits per heavy atom. The Morgan fingerprint density at radius 3 is 1.46 bits per heavy atom. The molecule has 0 aliphatic heterocycles. The van der Waals surface area contributed by atoms with E-state index in [1.807, 2.05) is 48.5 Å². The van der Waals surface area contributed by atoms with Gasteiger partial charge in [-0.25, -0.2) is 9.59 Å². The molecule has 0 radical (unpaired) electrons. The third-order valence-electron chi connectivity index (χ3n) is 6.33. The van der Waals surface area contributed by atoms with Crippen LogP contribution < -0.4 is 10.6 Å². The SMILES string of the molecule is COC(=O)c1ccc(I)cc1NC(=O)c1ccccc1.COC(=O)c1ccc(Sc2ccccc2)cc1NC(=O)c1ccccc1. The molecule has 0 saturated carbocycles. The summed E-state index contributed by atoms with van der Waals surface area (Å²) in [6, 6.07) is 38.0. The van der Waals surface area contributed by atoms with Gasteiger partial charge in [-0.2, -0.15) is 0 Å². The van der Waals surface area contributed by atoms with Crippen molar-refractivity contribution in [3.63, 3.8) is 0 Å². The predicted molar refractivity (Wildman–Crippen MR) is 188 cm³/mol. The summed E-state index contributed by atoms with van der Waals surface area (Å²) >= 11 is 3.66. The van der Waals surface area contributed by atoms with Crippen molar-refractivity contribution < 1.29 is 28.7 Å². The molecule has 0 aliphatic rings. The fourth-order valence-electron chi connectivity index (χ4n) is 4.08. The Hall–Kier alpha value is -4.94. The molecule has 0 aromatic heterocycles. The van der Waals surface area contributed by atoms with E-state index >= 15 is 0 Å². The van der Waals surface area contributed by atoms with Crippen molar-refractivity contribution in [1.29, 1.82) is 0 Å². The zero-order valence-corrected chi connectivity index (χ0v) is 27.8. The maximum atomic E-state index is 12.5. The second-order valence-corrected chi connectivity index (χ2v) is 11.8.